The van der Waals surface area contributed by atoms with Crippen LogP contribution in [0.5, 0.6) is 0 Å². The van der Waals surface area contributed by atoms with Gasteiger partial charge >= 0.3 is 6.03 Å². The third kappa shape index (κ3) is 5.54. The van der Waals surface area contributed by atoms with Gasteiger partial charge in [0.15, 0.2) is 0 Å². The van der Waals surface area contributed by atoms with Gasteiger partial charge in [0, 0.05) is 61.4 Å². The van der Waals surface area contributed by atoms with Crippen LogP contribution in [0.4, 0.5) is 10.5 Å². The van der Waals surface area contributed by atoms with E-state index in [0.717, 1.165) is 16.2 Å². The van der Waals surface area contributed by atoms with Crippen molar-refractivity contribution in [3.8, 4) is 0 Å². The van der Waals surface area contributed by atoms with E-state index < -0.39 is 56.4 Å². The van der Waals surface area contributed by atoms with E-state index in [0.29, 0.717) is 18.1 Å². The van der Waals surface area contributed by atoms with Gasteiger partial charge in [-0.2, -0.15) is 0 Å². The summed E-state index contributed by atoms with van der Waals surface area (Å²) < 4.78 is 104. The van der Waals surface area contributed by atoms with Crippen molar-refractivity contribution in [1.29, 1.82) is 0 Å². The number of benzene rings is 1. The van der Waals surface area contributed by atoms with Crippen molar-refractivity contribution in [2.45, 2.75) is 44.8 Å². The summed E-state index contributed by atoms with van der Waals surface area (Å²) in [6.07, 6.45) is -18.3. The molecule has 1 heterocycles. The Hall–Kier alpha value is -1.46. The monoisotopic (exact) mass is 418 g/mol. The quantitative estimate of drug-likeness (QED) is 0.785. The van der Waals surface area contributed by atoms with Crippen LogP contribution in [0.15, 0.2) is 18.2 Å². The van der Waals surface area contributed by atoms with Crippen LogP contribution in [0.25, 0.3) is 0 Å². The summed E-state index contributed by atoms with van der Waals surface area (Å²) in [7, 11) is 2.44. The van der Waals surface area contributed by atoms with Gasteiger partial charge in [-0.05, 0) is 62.9 Å². The smallest absolute Gasteiger partial charge is 0.317 e. The Balaban J connectivity index is 1.97. The van der Waals surface area contributed by atoms with E-state index in [2.05, 4.69) is 0 Å². The number of nitrogens with zero attached hydrogens (tertiary/aromatic N) is 3. The Kier molecular flexibility index (Phi) is 3.70. The van der Waals surface area contributed by atoms with Crippen molar-refractivity contribution in [2.75, 3.05) is 51.7 Å². The topological polar surface area (TPSA) is 38.8 Å². The third-order valence-electron chi connectivity index (χ3n) is 4.63. The van der Waals surface area contributed by atoms with Gasteiger partial charge in [0.2, 0.25) is 0 Å². The number of rotatable bonds is 5. The molecule has 1 aromatic carbocycles. The van der Waals surface area contributed by atoms with Gasteiger partial charge in [0.05, 0.1) is 12.1 Å². The van der Waals surface area contributed by atoms with Crippen LogP contribution in [-0.4, -0.2) is 68.7 Å². The average molecular weight is 419 g/mol. The zero-order valence-electron chi connectivity index (χ0n) is 28.4. The van der Waals surface area contributed by atoms with Gasteiger partial charge in [0.1, 0.15) is 0 Å². The number of amides is 2. The predicted molar refractivity (Wildman–Crippen MR) is 117 cm³/mol. The molecule has 1 N–H and O–H groups in total. The first-order chi connectivity index (χ1) is 17.9. The predicted octanol–water partition coefficient (Wildman–Crippen LogP) is 3.99. The van der Waals surface area contributed by atoms with Crippen molar-refractivity contribution in [2.24, 2.45) is 5.89 Å². The largest absolute Gasteiger partial charge is 0.368 e. The Morgan fingerprint density at radius 2 is 1.96 bits per heavy atom. The second kappa shape index (κ2) is 9.84. The molecular weight excluding hydrogens is 372 g/mol. The van der Waals surface area contributed by atoms with Gasteiger partial charge in [-0.3, -0.25) is 4.90 Å². The lowest BCUT2D eigenvalue weighted by Crippen LogP contribution is -2.47. The fraction of sp³-hybridized carbons (Fsp3) is 0.682. The first-order valence-corrected chi connectivity index (χ1v) is 9.54. The SMILES string of the molecule is [2H]C1([2H])C([2H])([2H])[C@]([2H])(C([2H])([2H])CN2CCN(c3cccc(C)c3Cl)CC2)C([2H])([2H])C([2H])([2H])[C@@]1([2H])NC(=O)N(C)C. The first kappa shape index (κ1) is 10.5. The lowest BCUT2D eigenvalue weighted by molar-refractivity contribution is 0.194. The minimum absolute atomic E-state index is 0.229. The van der Waals surface area contributed by atoms with Crippen molar-refractivity contribution >= 4 is 23.3 Å². The van der Waals surface area contributed by atoms with E-state index in [1.54, 1.807) is 10.2 Å². The molecule has 0 radical (unpaired) electrons. The lowest BCUT2D eigenvalue weighted by Gasteiger charge is -2.37. The normalized spacial score (nSPS) is 42.8. The number of nitrogens with one attached hydrogen (secondary N) is 1. The molecule has 0 bridgehead atoms. The summed E-state index contributed by atoms with van der Waals surface area (Å²) in [4.78, 5) is 16.8. The Labute approximate surface area is 191 Å². The Morgan fingerprint density at radius 3 is 2.61 bits per heavy atom. The first-order valence-electron chi connectivity index (χ1n) is 15.2. The highest BCUT2D eigenvalue weighted by atomic mass is 35.5. The molecule has 28 heavy (non-hydrogen) atoms. The molecule has 1 aromatic rings. The average Bonchev–Trinajstić information content (AvgIpc) is 2.84. The van der Waals surface area contributed by atoms with Crippen molar-refractivity contribution < 1.29 is 21.2 Å². The highest BCUT2D eigenvalue weighted by Crippen LogP contribution is 2.30. The van der Waals surface area contributed by atoms with Crippen molar-refractivity contribution in [3.63, 3.8) is 0 Å². The van der Waals surface area contributed by atoms with Crippen LogP contribution in [-0.2, 0) is 0 Å². The summed E-state index contributed by atoms with van der Waals surface area (Å²) in [6.45, 7) is 2.40. The number of carbonyl (C=O) groups is 1. The number of halogens is 1. The van der Waals surface area contributed by atoms with E-state index in [1.165, 1.54) is 14.1 Å². The molecule has 0 spiro atoms. The molecule has 1 aliphatic heterocycles. The molecule has 1 aliphatic carbocycles. The molecule has 156 valence electrons. The van der Waals surface area contributed by atoms with Gasteiger partial charge in [-0.25, -0.2) is 4.79 Å². The van der Waals surface area contributed by atoms with Gasteiger partial charge in [-0.1, -0.05) is 23.7 Å². The molecule has 0 aromatic heterocycles. The van der Waals surface area contributed by atoms with E-state index in [4.69, 9.17) is 28.1 Å². The fourth-order valence-corrected chi connectivity index (χ4v) is 3.14. The van der Waals surface area contributed by atoms with Crippen molar-refractivity contribution in [1.82, 2.24) is 15.1 Å². The Bertz CT molecular complexity index is 1110. The zero-order chi connectivity index (χ0) is 30.9. The molecular formula is C22H35ClN4O. The van der Waals surface area contributed by atoms with Crippen LogP contribution in [0.3, 0.4) is 0 Å². The molecule has 0 atom stereocenters. The van der Waals surface area contributed by atoms with Gasteiger partial charge < -0.3 is 15.1 Å². The maximum absolute atomic E-state index is 12.4. The van der Waals surface area contributed by atoms with Crippen LogP contribution in [0.2, 0.25) is 5.02 Å². The Morgan fingerprint density at radius 1 is 1.29 bits per heavy atom. The number of anilines is 1. The summed E-state index contributed by atoms with van der Waals surface area (Å²) in [5.41, 5.74) is 1.67. The molecule has 3 rings (SSSR count). The maximum Gasteiger partial charge on any atom is 0.317 e. The minimum Gasteiger partial charge on any atom is -0.368 e. The summed E-state index contributed by atoms with van der Waals surface area (Å²) >= 11 is 6.44. The highest BCUT2D eigenvalue weighted by molar-refractivity contribution is 6.34. The fourth-order valence-electron chi connectivity index (χ4n) is 2.90. The number of piperazine rings is 1. The summed E-state index contributed by atoms with van der Waals surface area (Å²) in [6, 6.07) is 0.828. The molecule has 1 saturated heterocycles. The van der Waals surface area contributed by atoms with E-state index >= 15 is 0 Å². The van der Waals surface area contributed by atoms with E-state index in [9.17, 15) is 4.79 Å². The second-order valence-electron chi connectivity index (χ2n) is 6.92. The molecule has 2 fully saturated rings. The zero-order valence-corrected chi connectivity index (χ0v) is 17.2. The van der Waals surface area contributed by atoms with Gasteiger partial charge in [-0.15, -0.1) is 0 Å². The summed E-state index contributed by atoms with van der Waals surface area (Å²) in [5.74, 6) is -3.69. The second-order valence-corrected chi connectivity index (χ2v) is 7.30. The third-order valence-corrected chi connectivity index (χ3v) is 5.12. The van der Waals surface area contributed by atoms with E-state index in [-0.39, 0.29) is 13.1 Å². The molecule has 1 saturated carbocycles. The summed E-state index contributed by atoms with van der Waals surface area (Å²) in [5, 5.41) is 2.35. The van der Waals surface area contributed by atoms with Crippen LogP contribution >= 0.6 is 11.6 Å². The number of hydrogen-bond acceptors (Lipinski definition) is 3. The van der Waals surface area contributed by atoms with Crippen LogP contribution in [0, 0.1) is 12.8 Å². The standard InChI is InChI=1S/C22H35ClN4O/c1-17-5-4-6-20(21(17)23)27-15-13-26(14-16-27)12-11-18-7-9-19(10-8-18)24-22(28)25(2)3/h4-6,18-19H,7-16H2,1-3H3,(H,24,28)/t18-,19-/i7D2,8D2,9D2,10D2,11D2,18D,19D. The van der Waals surface area contributed by atoms with E-state index in [1.807, 2.05) is 30.0 Å². The van der Waals surface area contributed by atoms with Crippen LogP contribution in [0.1, 0.15) is 53.9 Å². The lowest BCUT2D eigenvalue weighted by atomic mass is 9.84. The number of hydrogen-bond donors (Lipinski definition) is 1. The number of urea groups is 1. The van der Waals surface area contributed by atoms with Crippen molar-refractivity contribution in [3.05, 3.63) is 28.8 Å². The van der Waals surface area contributed by atoms with Crippen LogP contribution < -0.4 is 10.2 Å². The molecule has 2 amide bonds. The molecule has 2 aliphatic rings. The minimum atomic E-state index is -3.79. The maximum atomic E-state index is 12.4. The molecule has 6 heteroatoms. The molecule has 5 nitrogen and oxygen atoms in total. The molecule has 0 unspecified atom stereocenters. The number of carbonyl (C=O) groups excluding carboxylic acids is 1. The number of aryl methyl sites for hydroxylation is 1. The van der Waals surface area contributed by atoms with Gasteiger partial charge in [0.25, 0.3) is 0 Å². The highest BCUT2D eigenvalue weighted by Gasteiger charge is 2.24.